The Morgan fingerprint density at radius 1 is 1.44 bits per heavy atom. The fourth-order valence-corrected chi connectivity index (χ4v) is 3.80. The first-order valence-electron chi connectivity index (χ1n) is 9.25. The van der Waals surface area contributed by atoms with Gasteiger partial charge in [0.2, 0.25) is 0 Å². The third kappa shape index (κ3) is 5.02. The van der Waals surface area contributed by atoms with Gasteiger partial charge in [-0.15, -0.1) is 0 Å². The molecule has 1 aliphatic rings. The number of aryl methyl sites for hydroxylation is 1. The monoisotopic (exact) mass is 391 g/mol. The average molecular weight is 392 g/mol. The summed E-state index contributed by atoms with van der Waals surface area (Å²) in [6.07, 6.45) is 1.90. The van der Waals surface area contributed by atoms with Crippen molar-refractivity contribution in [3.63, 3.8) is 0 Å². The molecule has 1 fully saturated rings. The highest BCUT2D eigenvalue weighted by Gasteiger charge is 2.37. The number of benzene rings is 1. The number of carbonyl (C=O) groups excluding carboxylic acids is 1. The molecule has 0 radical (unpaired) electrons. The van der Waals surface area contributed by atoms with Crippen molar-refractivity contribution in [2.24, 2.45) is 0 Å². The third-order valence-electron chi connectivity index (χ3n) is 4.98. The number of hydrogen-bond donors (Lipinski definition) is 1. The molecule has 6 nitrogen and oxygen atoms in total. The zero-order chi connectivity index (χ0) is 19.4. The zero-order valence-corrected chi connectivity index (χ0v) is 16.8. The van der Waals surface area contributed by atoms with Crippen molar-refractivity contribution in [3.05, 3.63) is 46.7 Å². The Morgan fingerprint density at radius 3 is 2.81 bits per heavy atom. The van der Waals surface area contributed by atoms with E-state index in [1.165, 1.54) is 5.56 Å². The van der Waals surface area contributed by atoms with Crippen molar-refractivity contribution in [1.29, 1.82) is 0 Å². The molecule has 1 aromatic carbocycles. The summed E-state index contributed by atoms with van der Waals surface area (Å²) >= 11 is 6.01. The molecule has 1 N–H and O–H groups in total. The molecule has 0 aliphatic carbocycles. The van der Waals surface area contributed by atoms with Gasteiger partial charge in [-0.1, -0.05) is 30.7 Å². The second kappa shape index (κ2) is 8.31. The van der Waals surface area contributed by atoms with Crippen molar-refractivity contribution >= 4 is 17.5 Å². The van der Waals surface area contributed by atoms with Gasteiger partial charge in [0.05, 0.1) is 5.54 Å². The minimum absolute atomic E-state index is 0.0735. The van der Waals surface area contributed by atoms with E-state index in [0.29, 0.717) is 17.7 Å². The van der Waals surface area contributed by atoms with Gasteiger partial charge in [0.25, 0.3) is 11.8 Å². The molecular formula is C20H26ClN3O3. The highest BCUT2D eigenvalue weighted by molar-refractivity contribution is 6.30. The number of hydrogen-bond acceptors (Lipinski definition) is 5. The number of rotatable bonds is 7. The molecule has 1 amide bonds. The molecule has 1 saturated heterocycles. The van der Waals surface area contributed by atoms with Crippen molar-refractivity contribution in [2.45, 2.75) is 45.2 Å². The summed E-state index contributed by atoms with van der Waals surface area (Å²) in [5, 5.41) is 7.59. The summed E-state index contributed by atoms with van der Waals surface area (Å²) in [4.78, 5) is 14.7. The lowest BCUT2D eigenvalue weighted by molar-refractivity contribution is -0.124. The topological polar surface area (TPSA) is 67.6 Å². The van der Waals surface area contributed by atoms with Crippen LogP contribution in [0.3, 0.4) is 0 Å². The van der Waals surface area contributed by atoms with Crippen LogP contribution in [0.15, 0.2) is 34.9 Å². The van der Waals surface area contributed by atoms with Gasteiger partial charge in [0.15, 0.2) is 6.61 Å². The Labute approximate surface area is 164 Å². The lowest BCUT2D eigenvalue weighted by Crippen LogP contribution is -2.49. The average Bonchev–Trinajstić information content (AvgIpc) is 3.21. The predicted molar refractivity (Wildman–Crippen MR) is 104 cm³/mol. The Hall–Kier alpha value is -2.05. The number of amides is 1. The van der Waals surface area contributed by atoms with Gasteiger partial charge in [-0.3, -0.25) is 9.69 Å². The van der Waals surface area contributed by atoms with Crippen molar-refractivity contribution in [2.75, 3.05) is 19.7 Å². The summed E-state index contributed by atoms with van der Waals surface area (Å²) in [6.45, 7) is 7.69. The van der Waals surface area contributed by atoms with E-state index < -0.39 is 0 Å². The summed E-state index contributed by atoms with van der Waals surface area (Å²) in [7, 11) is 0. The van der Waals surface area contributed by atoms with E-state index >= 15 is 0 Å². The molecule has 146 valence electrons. The fraction of sp³-hybridized carbons (Fsp3) is 0.500. The van der Waals surface area contributed by atoms with Crippen molar-refractivity contribution in [3.8, 4) is 5.88 Å². The van der Waals surface area contributed by atoms with Crippen LogP contribution in [-0.2, 0) is 4.79 Å². The molecule has 1 aliphatic heterocycles. The number of nitrogens with zero attached hydrogens (tertiary/aromatic N) is 2. The molecular weight excluding hydrogens is 366 g/mol. The first kappa shape index (κ1) is 19.7. The highest BCUT2D eigenvalue weighted by atomic mass is 35.5. The van der Waals surface area contributed by atoms with E-state index in [1.54, 1.807) is 13.0 Å². The van der Waals surface area contributed by atoms with E-state index in [9.17, 15) is 4.79 Å². The number of halogens is 1. The molecule has 0 bridgehead atoms. The van der Waals surface area contributed by atoms with Crippen LogP contribution in [0.5, 0.6) is 5.88 Å². The summed E-state index contributed by atoms with van der Waals surface area (Å²) in [5.41, 5.74) is 0.974. The fourth-order valence-electron chi connectivity index (χ4n) is 3.68. The van der Waals surface area contributed by atoms with Crippen LogP contribution in [0, 0.1) is 6.92 Å². The van der Waals surface area contributed by atoms with E-state index in [0.717, 1.165) is 31.0 Å². The highest BCUT2D eigenvalue weighted by Crippen LogP contribution is 2.32. The standard InChI is InChI=1S/C20H26ClN3O3/c1-4-17(15-5-7-16(21)8-6-15)24-10-9-20(3,13-24)22-18(25)12-26-19-11-14(2)27-23-19/h5-8,11,17H,4,9-10,12-13H2,1-3H3,(H,22,25). The first-order valence-corrected chi connectivity index (χ1v) is 9.63. The summed E-state index contributed by atoms with van der Waals surface area (Å²) in [5.74, 6) is 0.825. The van der Waals surface area contributed by atoms with Crippen LogP contribution >= 0.6 is 11.6 Å². The van der Waals surface area contributed by atoms with Crippen molar-refractivity contribution in [1.82, 2.24) is 15.4 Å². The predicted octanol–water partition coefficient (Wildman–Crippen LogP) is 3.75. The molecule has 3 rings (SSSR count). The number of ether oxygens (including phenoxy) is 1. The molecule has 7 heteroatoms. The largest absolute Gasteiger partial charge is 0.465 e. The van der Waals surface area contributed by atoms with E-state index in [4.69, 9.17) is 20.9 Å². The van der Waals surface area contributed by atoms with Crippen LogP contribution < -0.4 is 10.1 Å². The molecule has 0 saturated carbocycles. The number of carbonyl (C=O) groups is 1. The SMILES string of the molecule is CCC(c1ccc(Cl)cc1)N1CCC(C)(NC(=O)COc2cc(C)on2)C1. The normalized spacial score (nSPS) is 21.2. The van der Waals surface area contributed by atoms with E-state index in [-0.39, 0.29) is 18.1 Å². The third-order valence-corrected chi connectivity index (χ3v) is 5.24. The molecule has 27 heavy (non-hydrogen) atoms. The Bertz CT molecular complexity index is 777. The van der Waals surface area contributed by atoms with Crippen LogP contribution in [0.1, 0.15) is 44.1 Å². The van der Waals surface area contributed by atoms with Crippen molar-refractivity contribution < 1.29 is 14.1 Å². The first-order chi connectivity index (χ1) is 12.9. The van der Waals surface area contributed by atoms with Gasteiger partial charge in [-0.25, -0.2) is 0 Å². The zero-order valence-electron chi connectivity index (χ0n) is 16.0. The second-order valence-electron chi connectivity index (χ2n) is 7.37. The smallest absolute Gasteiger partial charge is 0.258 e. The van der Waals surface area contributed by atoms with Crippen LogP contribution in [0.25, 0.3) is 0 Å². The molecule has 2 aromatic rings. The quantitative estimate of drug-likeness (QED) is 0.778. The molecule has 1 aromatic heterocycles. The maximum absolute atomic E-state index is 12.3. The molecule has 2 atom stereocenters. The summed E-state index contributed by atoms with van der Waals surface area (Å²) < 4.78 is 10.3. The molecule has 0 spiro atoms. The van der Waals surface area contributed by atoms with Gasteiger partial charge in [-0.2, -0.15) is 0 Å². The van der Waals surface area contributed by atoms with Crippen LogP contribution in [0.2, 0.25) is 5.02 Å². The van der Waals surface area contributed by atoms with Gasteiger partial charge >= 0.3 is 0 Å². The lowest BCUT2D eigenvalue weighted by Gasteiger charge is -2.30. The lowest BCUT2D eigenvalue weighted by atomic mass is 10.0. The van der Waals surface area contributed by atoms with Crippen LogP contribution in [0.4, 0.5) is 0 Å². The van der Waals surface area contributed by atoms with Crippen LogP contribution in [-0.4, -0.2) is 41.2 Å². The number of aromatic nitrogens is 1. The maximum atomic E-state index is 12.3. The Kier molecular flexibility index (Phi) is 6.07. The maximum Gasteiger partial charge on any atom is 0.258 e. The molecule has 2 unspecified atom stereocenters. The van der Waals surface area contributed by atoms with Gasteiger partial charge in [0.1, 0.15) is 5.76 Å². The molecule has 2 heterocycles. The van der Waals surface area contributed by atoms with Gasteiger partial charge in [0, 0.05) is 30.2 Å². The number of likely N-dealkylation sites (tertiary alicyclic amines) is 1. The van der Waals surface area contributed by atoms with Gasteiger partial charge < -0.3 is 14.6 Å². The van der Waals surface area contributed by atoms with Gasteiger partial charge in [-0.05, 0) is 49.5 Å². The minimum atomic E-state index is -0.278. The Balaban J connectivity index is 1.56. The van der Waals surface area contributed by atoms with E-state index in [1.807, 2.05) is 12.1 Å². The second-order valence-corrected chi connectivity index (χ2v) is 7.81. The Morgan fingerprint density at radius 2 is 2.19 bits per heavy atom. The number of nitrogens with one attached hydrogen (secondary N) is 1. The minimum Gasteiger partial charge on any atom is -0.465 e. The summed E-state index contributed by atoms with van der Waals surface area (Å²) in [6, 6.07) is 10.00. The van der Waals surface area contributed by atoms with E-state index in [2.05, 4.69) is 41.4 Å².